The summed E-state index contributed by atoms with van der Waals surface area (Å²) in [7, 11) is 0. The van der Waals surface area contributed by atoms with Gasteiger partial charge in [0.05, 0.1) is 43.9 Å². The Balaban J connectivity index is 1.64. The molecule has 3 heterocycles. The van der Waals surface area contributed by atoms with Gasteiger partial charge < -0.3 is 23.2 Å². The topological polar surface area (TPSA) is 65.1 Å². The molecule has 1 aromatic carbocycles. The Morgan fingerprint density at radius 3 is 2.30 bits per heavy atom. The number of ether oxygens (including phenoxy) is 2. The molecule has 0 radical (unpaired) electrons. The first-order chi connectivity index (χ1) is 13.2. The highest BCUT2D eigenvalue weighted by molar-refractivity contribution is 6.32. The Hall–Kier alpha value is -2.86. The van der Waals surface area contributed by atoms with Crippen LogP contribution in [0.5, 0.6) is 11.5 Å². The molecule has 1 aliphatic heterocycles. The molecule has 0 saturated heterocycles. The van der Waals surface area contributed by atoms with Crippen molar-refractivity contribution in [3.63, 3.8) is 0 Å². The average Bonchev–Trinajstić information content (AvgIpc) is 3.31. The molecule has 4 rings (SSSR count). The highest BCUT2D eigenvalue weighted by Gasteiger charge is 2.23. The Bertz CT molecular complexity index is 869. The van der Waals surface area contributed by atoms with Crippen molar-refractivity contribution in [2.45, 2.75) is 19.5 Å². The average molecular weight is 388 g/mol. The van der Waals surface area contributed by atoms with Crippen molar-refractivity contribution >= 4 is 17.5 Å². The van der Waals surface area contributed by atoms with Crippen LogP contribution in [0.1, 0.15) is 28.3 Å². The smallest absolute Gasteiger partial charge is 0.254 e. The molecule has 0 fully saturated rings. The lowest BCUT2D eigenvalue weighted by Gasteiger charge is -2.21. The van der Waals surface area contributed by atoms with E-state index in [2.05, 4.69) is 0 Å². The summed E-state index contributed by atoms with van der Waals surface area (Å²) >= 11 is 6.34. The van der Waals surface area contributed by atoms with Crippen LogP contribution < -0.4 is 9.47 Å². The van der Waals surface area contributed by atoms with Gasteiger partial charge in [0.15, 0.2) is 11.5 Å². The van der Waals surface area contributed by atoms with Crippen molar-refractivity contribution in [3.05, 3.63) is 71.0 Å². The lowest BCUT2D eigenvalue weighted by atomic mass is 10.1. The first kappa shape index (κ1) is 17.5. The molecule has 27 heavy (non-hydrogen) atoms. The van der Waals surface area contributed by atoms with Gasteiger partial charge in [-0.2, -0.15) is 0 Å². The van der Waals surface area contributed by atoms with Gasteiger partial charge in [-0.05, 0) is 36.4 Å². The zero-order chi connectivity index (χ0) is 18.6. The van der Waals surface area contributed by atoms with E-state index in [0.717, 1.165) is 6.42 Å². The third kappa shape index (κ3) is 3.95. The summed E-state index contributed by atoms with van der Waals surface area (Å²) in [6, 6.07) is 10.5. The minimum absolute atomic E-state index is 0.208. The number of halogens is 1. The van der Waals surface area contributed by atoms with Crippen molar-refractivity contribution in [2.24, 2.45) is 0 Å². The van der Waals surface area contributed by atoms with E-state index in [-0.39, 0.29) is 5.91 Å². The molecule has 2 aromatic heterocycles. The van der Waals surface area contributed by atoms with Crippen LogP contribution in [0.2, 0.25) is 5.02 Å². The standard InChI is InChI=1S/C20H18ClNO5/c21-17-10-14(11-18-19(17)27-9-3-8-26-18)20(23)22(12-15-4-1-6-24-15)13-16-5-2-7-25-16/h1-2,4-7,10-11H,3,8-9,12-13H2. The zero-order valence-corrected chi connectivity index (χ0v) is 15.3. The second-order valence-electron chi connectivity index (χ2n) is 6.16. The highest BCUT2D eigenvalue weighted by Crippen LogP contribution is 2.38. The second-order valence-corrected chi connectivity index (χ2v) is 6.56. The van der Waals surface area contributed by atoms with Crippen molar-refractivity contribution in [1.29, 1.82) is 0 Å². The molecular formula is C20H18ClNO5. The van der Waals surface area contributed by atoms with E-state index in [4.69, 9.17) is 29.9 Å². The largest absolute Gasteiger partial charge is 0.489 e. The minimum atomic E-state index is -0.208. The molecule has 140 valence electrons. The number of benzene rings is 1. The molecule has 6 nitrogen and oxygen atoms in total. The first-order valence-corrected chi connectivity index (χ1v) is 9.01. The normalized spacial score (nSPS) is 13.2. The minimum Gasteiger partial charge on any atom is -0.489 e. The van der Waals surface area contributed by atoms with Gasteiger partial charge in [0.25, 0.3) is 5.91 Å². The Kier molecular flexibility index (Phi) is 5.07. The number of furan rings is 2. The number of hydrogen-bond donors (Lipinski definition) is 0. The fourth-order valence-electron chi connectivity index (χ4n) is 2.92. The summed E-state index contributed by atoms with van der Waals surface area (Å²) in [4.78, 5) is 14.8. The lowest BCUT2D eigenvalue weighted by molar-refractivity contribution is 0.0704. The highest BCUT2D eigenvalue weighted by atomic mass is 35.5. The Labute approximate surface area is 161 Å². The van der Waals surface area contributed by atoms with E-state index >= 15 is 0 Å². The summed E-state index contributed by atoms with van der Waals surface area (Å²) in [5, 5.41) is 0.355. The molecular weight excluding hydrogens is 370 g/mol. The zero-order valence-electron chi connectivity index (χ0n) is 14.5. The fourth-order valence-corrected chi connectivity index (χ4v) is 3.18. The number of carbonyl (C=O) groups excluding carboxylic acids is 1. The van der Waals surface area contributed by atoms with E-state index < -0.39 is 0 Å². The molecule has 7 heteroatoms. The second kappa shape index (κ2) is 7.80. The van der Waals surface area contributed by atoms with Crippen LogP contribution in [0.25, 0.3) is 0 Å². The monoisotopic (exact) mass is 387 g/mol. The summed E-state index contributed by atoms with van der Waals surface area (Å²) in [5.74, 6) is 2.11. The van der Waals surface area contributed by atoms with Gasteiger partial charge >= 0.3 is 0 Å². The van der Waals surface area contributed by atoms with Gasteiger partial charge in [0.1, 0.15) is 11.5 Å². The number of rotatable bonds is 5. The quantitative estimate of drug-likeness (QED) is 0.643. The van der Waals surface area contributed by atoms with Crippen LogP contribution in [0.3, 0.4) is 0 Å². The van der Waals surface area contributed by atoms with E-state index in [1.165, 1.54) is 0 Å². The van der Waals surface area contributed by atoms with E-state index in [1.807, 2.05) is 12.1 Å². The lowest BCUT2D eigenvalue weighted by Crippen LogP contribution is -2.30. The van der Waals surface area contributed by atoms with Crippen LogP contribution in [-0.2, 0) is 13.1 Å². The number of carbonyl (C=O) groups is 1. The van der Waals surface area contributed by atoms with Crippen molar-refractivity contribution in [1.82, 2.24) is 4.90 Å². The Morgan fingerprint density at radius 1 is 1.00 bits per heavy atom. The van der Waals surface area contributed by atoms with Gasteiger partial charge in [-0.25, -0.2) is 0 Å². The fraction of sp³-hybridized carbons (Fsp3) is 0.250. The molecule has 3 aromatic rings. The van der Waals surface area contributed by atoms with Gasteiger partial charge in [0.2, 0.25) is 0 Å². The van der Waals surface area contributed by atoms with Gasteiger partial charge in [-0.1, -0.05) is 11.6 Å². The summed E-state index contributed by atoms with van der Waals surface area (Å²) in [6.45, 7) is 1.66. The number of fused-ring (bicyclic) bond motifs is 1. The molecule has 0 N–H and O–H groups in total. The van der Waals surface area contributed by atoms with Crippen molar-refractivity contribution in [3.8, 4) is 11.5 Å². The first-order valence-electron chi connectivity index (χ1n) is 8.64. The summed E-state index contributed by atoms with van der Waals surface area (Å²) < 4.78 is 22.1. The van der Waals surface area contributed by atoms with Gasteiger partial charge in [0, 0.05) is 12.0 Å². The van der Waals surface area contributed by atoms with E-state index in [9.17, 15) is 4.79 Å². The maximum Gasteiger partial charge on any atom is 0.254 e. The summed E-state index contributed by atoms with van der Waals surface area (Å²) in [6.07, 6.45) is 3.92. The van der Waals surface area contributed by atoms with Crippen LogP contribution in [0.15, 0.2) is 57.8 Å². The van der Waals surface area contributed by atoms with Crippen molar-refractivity contribution in [2.75, 3.05) is 13.2 Å². The number of hydrogen-bond acceptors (Lipinski definition) is 5. The molecule has 0 atom stereocenters. The molecule has 0 bridgehead atoms. The molecule has 1 amide bonds. The Morgan fingerprint density at radius 2 is 1.67 bits per heavy atom. The van der Waals surface area contributed by atoms with Crippen molar-refractivity contribution < 1.29 is 23.1 Å². The maximum absolute atomic E-state index is 13.2. The molecule has 0 aliphatic carbocycles. The van der Waals surface area contributed by atoms with E-state index in [1.54, 1.807) is 41.7 Å². The van der Waals surface area contributed by atoms with Gasteiger partial charge in [-0.15, -0.1) is 0 Å². The third-order valence-electron chi connectivity index (χ3n) is 4.19. The third-order valence-corrected chi connectivity index (χ3v) is 4.47. The molecule has 0 spiro atoms. The number of nitrogens with zero attached hydrogens (tertiary/aromatic N) is 1. The molecule has 0 saturated carbocycles. The molecule has 1 aliphatic rings. The predicted molar refractivity (Wildman–Crippen MR) is 98.1 cm³/mol. The van der Waals surface area contributed by atoms with E-state index in [0.29, 0.717) is 59.9 Å². The predicted octanol–water partition coefficient (Wildman–Crippen LogP) is 4.53. The van der Waals surface area contributed by atoms with Crippen LogP contribution in [-0.4, -0.2) is 24.0 Å². The van der Waals surface area contributed by atoms with Crippen LogP contribution >= 0.6 is 11.6 Å². The van der Waals surface area contributed by atoms with Crippen LogP contribution in [0, 0.1) is 0 Å². The SMILES string of the molecule is O=C(c1cc(Cl)c2c(c1)OCCCO2)N(Cc1ccco1)Cc1ccco1. The maximum atomic E-state index is 13.2. The number of amides is 1. The summed E-state index contributed by atoms with van der Waals surface area (Å²) in [5.41, 5.74) is 0.419. The van der Waals surface area contributed by atoms with Gasteiger partial charge in [-0.3, -0.25) is 4.79 Å². The van der Waals surface area contributed by atoms with Crippen LogP contribution in [0.4, 0.5) is 0 Å². The molecule has 0 unspecified atom stereocenters.